The summed E-state index contributed by atoms with van der Waals surface area (Å²) in [5.74, 6) is 33.5. The molecule has 28 fully saturated rings. The molecule has 0 N–H and O–H groups in total. The highest BCUT2D eigenvalue weighted by Crippen LogP contribution is 2.91. The van der Waals surface area contributed by atoms with Gasteiger partial charge >= 0.3 is 0 Å². The molecule has 0 radical (unpaired) electrons. The van der Waals surface area contributed by atoms with Crippen molar-refractivity contribution in [1.82, 2.24) is 0 Å². The summed E-state index contributed by atoms with van der Waals surface area (Å²) in [6.45, 7) is 0. The largest absolute Gasteiger partial charge is 0.0915 e. The second-order valence-corrected chi connectivity index (χ2v) is 37.6. The third-order valence-corrected chi connectivity index (χ3v) is 40.2. The van der Waals surface area contributed by atoms with Gasteiger partial charge in [-0.2, -0.15) is 0 Å². The van der Waals surface area contributed by atoms with E-state index < -0.39 is 0 Å². The van der Waals surface area contributed by atoms with Crippen LogP contribution >= 0.6 is 15.8 Å². The highest BCUT2D eigenvalue weighted by Gasteiger charge is 2.80. The van der Waals surface area contributed by atoms with Crippen molar-refractivity contribution in [1.29, 1.82) is 0 Å². The van der Waals surface area contributed by atoms with Crippen LogP contribution in [-0.2, 0) is 12.3 Å². The van der Waals surface area contributed by atoms with Crippen molar-refractivity contribution in [3.63, 3.8) is 0 Å². The molecule has 0 amide bonds. The molecule has 350 valence electrons. The van der Waals surface area contributed by atoms with Crippen LogP contribution in [0.2, 0.25) is 0 Å². The minimum absolute atomic E-state index is 0.0248. The first kappa shape index (κ1) is 37.8. The zero-order chi connectivity index (χ0) is 41.6. The van der Waals surface area contributed by atoms with Gasteiger partial charge in [-0.05, 0) is 364 Å². The third-order valence-electron chi connectivity index (χ3n) is 31.8. The van der Waals surface area contributed by atoms with Gasteiger partial charge in [0.05, 0.1) is 0 Å². The average molecular weight is 915 g/mol. The van der Waals surface area contributed by atoms with Crippen molar-refractivity contribution >= 4 is 15.8 Å². The smallest absolute Gasteiger partial charge is 0.00215 e. The maximum absolute atomic E-state index is 2.94. The maximum atomic E-state index is 2.94. The summed E-state index contributed by atoms with van der Waals surface area (Å²) < 4.78 is 0. The summed E-state index contributed by atoms with van der Waals surface area (Å²) >= 11 is 0. The monoisotopic (exact) mass is 915 g/mol. The maximum Gasteiger partial charge on any atom is -0.00215 e. The topological polar surface area (TPSA) is 0 Å². The lowest BCUT2D eigenvalue weighted by Crippen LogP contribution is -2.75. The highest BCUT2D eigenvalue weighted by atomic mass is 31.1. The zero-order valence-corrected chi connectivity index (χ0v) is 42.5. The Morgan fingerprint density at radius 3 is 1.12 bits per heavy atom. The van der Waals surface area contributed by atoms with Crippen LogP contribution in [0.4, 0.5) is 0 Å². The molecule has 66 heavy (non-hydrogen) atoms. The molecule has 0 nitrogen and oxygen atoms in total. The molecule has 1 aromatic rings. The quantitative estimate of drug-likeness (QED) is 0.228. The van der Waals surface area contributed by atoms with Crippen LogP contribution < -0.4 is 0 Å². The molecule has 0 aliphatic heterocycles. The molecular formula is C64H84P2. The van der Waals surface area contributed by atoms with Crippen molar-refractivity contribution in [2.24, 2.45) is 172 Å². The van der Waals surface area contributed by atoms with Crippen LogP contribution in [0.1, 0.15) is 159 Å². The predicted octanol–water partition coefficient (Wildman–Crippen LogP) is 15.3. The Balaban J connectivity index is 0.744. The molecule has 2 heteroatoms. The fraction of sp³-hybridized carbons (Fsp3) is 0.906. The van der Waals surface area contributed by atoms with E-state index in [-0.39, 0.29) is 15.8 Å². The van der Waals surface area contributed by atoms with Crippen LogP contribution in [0.3, 0.4) is 0 Å². The summed E-state index contributed by atoms with van der Waals surface area (Å²) in [6, 6.07) is 11.2. The fourth-order valence-electron chi connectivity index (χ4n) is 32.1. The van der Waals surface area contributed by atoms with Gasteiger partial charge in [-0.25, -0.2) is 0 Å². The van der Waals surface area contributed by atoms with Crippen LogP contribution in [0.5, 0.6) is 0 Å². The first-order valence-electron chi connectivity index (χ1n) is 31.1. The lowest BCUT2D eigenvalue weighted by atomic mass is 9.35. The first-order chi connectivity index (χ1) is 32.5. The van der Waals surface area contributed by atoms with Crippen LogP contribution in [0, 0.1) is 172 Å². The lowest BCUT2D eigenvalue weighted by Gasteiger charge is -2.82. The van der Waals surface area contributed by atoms with Gasteiger partial charge in [0, 0.05) is 0 Å². The molecular weight excluding hydrogens is 831 g/mol. The minimum atomic E-state index is -0.0518. The Labute approximate surface area is 401 Å². The normalized spacial score (nSPS) is 69.2. The van der Waals surface area contributed by atoms with Crippen molar-refractivity contribution in [3.8, 4) is 0 Å². The van der Waals surface area contributed by atoms with E-state index in [9.17, 15) is 0 Å². The summed E-state index contributed by atoms with van der Waals surface area (Å²) in [5.41, 5.74) is 5.26. The van der Waals surface area contributed by atoms with E-state index in [1.54, 1.807) is 160 Å². The summed E-state index contributed by atoms with van der Waals surface area (Å²) in [7, 11) is -0.0765. The average Bonchev–Trinajstić information content (AvgIpc) is 3.35. The minimum Gasteiger partial charge on any atom is -0.0915 e. The predicted molar refractivity (Wildman–Crippen MR) is 267 cm³/mol. The first-order valence-corrected chi connectivity index (χ1v) is 34.2. The van der Waals surface area contributed by atoms with Gasteiger partial charge in [0.25, 0.3) is 0 Å². The molecule has 18 atom stereocenters. The molecule has 29 rings (SSSR count). The van der Waals surface area contributed by atoms with Crippen molar-refractivity contribution < 1.29 is 0 Å². The van der Waals surface area contributed by atoms with E-state index in [0.717, 1.165) is 139 Å². The second kappa shape index (κ2) is 12.0. The Bertz CT molecular complexity index is 2180. The number of benzene rings is 1. The molecule has 28 aliphatic carbocycles. The standard InChI is InChI=1S/C64H84P2/c1-2-4-38(29-66(63-26-35-13-48-42-7-32(19-56(48)63)20-57(63)49(42)14-35)64-27-36-15-50-43-8-33(21-58(50)64)22-59(64)51(43)16-36)37(3-1)28-65(61-39-23-44-40-5-30-9-52(44)60(61)53(10-30)45(40)24-39)62-25-34-11-46-41-6-31(17-54(46)62)18-55(62)47(41)12-34/h1-4,30-36,39-61H,5-29H2. The van der Waals surface area contributed by atoms with Gasteiger partial charge in [0.1, 0.15) is 0 Å². The molecule has 18 unspecified atom stereocenters. The summed E-state index contributed by atoms with van der Waals surface area (Å²) in [6.07, 6.45) is 42.5. The number of hydrogen-bond donors (Lipinski definition) is 0. The van der Waals surface area contributed by atoms with Crippen LogP contribution in [-0.4, -0.2) is 21.1 Å². The Morgan fingerprint density at radius 2 is 0.667 bits per heavy atom. The molecule has 0 heterocycles. The molecule has 28 aliphatic rings. The zero-order valence-electron chi connectivity index (χ0n) is 40.7. The van der Waals surface area contributed by atoms with Crippen molar-refractivity contribution in [3.05, 3.63) is 35.4 Å². The van der Waals surface area contributed by atoms with Crippen molar-refractivity contribution in [2.75, 3.05) is 0 Å². The Morgan fingerprint density at radius 1 is 0.333 bits per heavy atom. The van der Waals surface area contributed by atoms with E-state index in [2.05, 4.69) is 29.8 Å². The number of rotatable bonds is 8. The number of hydrogen-bond acceptors (Lipinski definition) is 0. The Kier molecular flexibility index (Phi) is 6.88. The van der Waals surface area contributed by atoms with E-state index in [1.807, 2.05) is 5.56 Å². The molecule has 28 saturated carbocycles. The van der Waals surface area contributed by atoms with E-state index in [1.165, 1.54) is 53.3 Å². The molecule has 1 aromatic carbocycles. The molecule has 32 bridgehead atoms. The highest BCUT2D eigenvalue weighted by molar-refractivity contribution is 7.60. The third kappa shape index (κ3) is 4.01. The van der Waals surface area contributed by atoms with Gasteiger partial charge in [0.2, 0.25) is 0 Å². The van der Waals surface area contributed by atoms with Gasteiger partial charge < -0.3 is 0 Å². The van der Waals surface area contributed by atoms with Crippen LogP contribution in [0.25, 0.3) is 0 Å². The van der Waals surface area contributed by atoms with Gasteiger partial charge in [-0.3, -0.25) is 0 Å². The second-order valence-electron chi connectivity index (χ2n) is 32.1. The SMILES string of the molecule is c1ccc(CP(C23CC4CC5C6CC(CC52)CC3C6C4)C23CC4CC5C6CC(CC52)CC3C6C4)c(CP(C2C3CC4C5CC6CC4C2C(C6)C5C3)C23CC4CC5C6CC(CC52)CC3C6C4)c1. The molecule has 0 saturated heterocycles. The fourth-order valence-corrected chi connectivity index (χ4v) is 43.1. The lowest BCUT2D eigenvalue weighted by molar-refractivity contribution is -0.205. The Hall–Kier alpha value is 0.0800. The van der Waals surface area contributed by atoms with E-state index in [0.29, 0.717) is 0 Å². The van der Waals surface area contributed by atoms with Gasteiger partial charge in [0.15, 0.2) is 0 Å². The summed E-state index contributed by atoms with van der Waals surface area (Å²) in [5, 5.41) is 2.33. The van der Waals surface area contributed by atoms with Crippen molar-refractivity contribution in [2.45, 2.75) is 181 Å². The van der Waals surface area contributed by atoms with Crippen LogP contribution in [0.15, 0.2) is 24.3 Å². The molecule has 0 spiro atoms. The van der Waals surface area contributed by atoms with Gasteiger partial charge in [-0.15, -0.1) is 0 Å². The molecule has 0 aromatic heterocycles. The van der Waals surface area contributed by atoms with Gasteiger partial charge in [-0.1, -0.05) is 40.1 Å². The van der Waals surface area contributed by atoms with E-state index in [4.69, 9.17) is 0 Å². The summed E-state index contributed by atoms with van der Waals surface area (Å²) in [4.78, 5) is 0. The van der Waals surface area contributed by atoms with E-state index >= 15 is 0 Å².